The van der Waals surface area contributed by atoms with Crippen molar-refractivity contribution in [3.05, 3.63) is 35.4 Å². The Morgan fingerprint density at radius 2 is 1.81 bits per heavy atom. The highest BCUT2D eigenvalue weighted by molar-refractivity contribution is 5.17. The number of benzene rings is 1. The van der Waals surface area contributed by atoms with Gasteiger partial charge in [-0.2, -0.15) is 0 Å². The molecule has 16 heavy (non-hydrogen) atoms. The van der Waals surface area contributed by atoms with E-state index in [2.05, 4.69) is 5.32 Å². The van der Waals surface area contributed by atoms with Crippen molar-refractivity contribution in [3.8, 4) is 0 Å². The number of nitrogens with one attached hydrogen (secondary N) is 1. The van der Waals surface area contributed by atoms with Crippen LogP contribution >= 0.6 is 0 Å². The van der Waals surface area contributed by atoms with Gasteiger partial charge in [0.1, 0.15) is 11.6 Å². The molecule has 1 atom stereocenters. The molecule has 0 bridgehead atoms. The molecule has 1 unspecified atom stereocenters. The van der Waals surface area contributed by atoms with Gasteiger partial charge in [-0.05, 0) is 24.6 Å². The van der Waals surface area contributed by atoms with Crippen LogP contribution in [-0.2, 0) is 6.54 Å². The lowest BCUT2D eigenvalue weighted by molar-refractivity contribution is 0.00253. The van der Waals surface area contributed by atoms with Crippen LogP contribution in [0.3, 0.4) is 0 Å². The van der Waals surface area contributed by atoms with E-state index in [9.17, 15) is 13.9 Å². The molecule has 0 aliphatic heterocycles. The van der Waals surface area contributed by atoms with Gasteiger partial charge in [-0.3, -0.25) is 0 Å². The van der Waals surface area contributed by atoms with E-state index in [4.69, 9.17) is 5.11 Å². The predicted molar refractivity (Wildman–Crippen MR) is 55.8 cm³/mol. The Morgan fingerprint density at radius 1 is 1.25 bits per heavy atom. The molecule has 5 heteroatoms. The van der Waals surface area contributed by atoms with Crippen molar-refractivity contribution in [2.45, 2.75) is 19.1 Å². The second-order valence-electron chi connectivity index (χ2n) is 4.04. The molecule has 0 saturated carbocycles. The summed E-state index contributed by atoms with van der Waals surface area (Å²) in [6.07, 6.45) is 0. The number of hydrogen-bond acceptors (Lipinski definition) is 3. The van der Waals surface area contributed by atoms with E-state index in [1.54, 1.807) is 0 Å². The van der Waals surface area contributed by atoms with Crippen LogP contribution in [0.2, 0.25) is 0 Å². The fourth-order valence-electron chi connectivity index (χ4n) is 1.25. The first-order valence-electron chi connectivity index (χ1n) is 4.92. The summed E-state index contributed by atoms with van der Waals surface area (Å²) in [5.41, 5.74) is -0.780. The van der Waals surface area contributed by atoms with Gasteiger partial charge in [0.2, 0.25) is 0 Å². The molecule has 0 aliphatic carbocycles. The highest BCUT2D eigenvalue weighted by Crippen LogP contribution is 2.08. The van der Waals surface area contributed by atoms with Crippen LogP contribution in [0.5, 0.6) is 0 Å². The lowest BCUT2D eigenvalue weighted by Gasteiger charge is -2.20. The van der Waals surface area contributed by atoms with Crippen molar-refractivity contribution in [3.63, 3.8) is 0 Å². The normalized spacial score (nSPS) is 14.8. The zero-order valence-corrected chi connectivity index (χ0v) is 9.00. The van der Waals surface area contributed by atoms with Crippen LogP contribution < -0.4 is 5.32 Å². The van der Waals surface area contributed by atoms with Crippen LogP contribution in [0.25, 0.3) is 0 Å². The van der Waals surface area contributed by atoms with Gasteiger partial charge in [-0.15, -0.1) is 0 Å². The first-order chi connectivity index (χ1) is 7.43. The molecule has 1 aromatic carbocycles. The number of aliphatic hydroxyl groups is 2. The van der Waals surface area contributed by atoms with Gasteiger partial charge >= 0.3 is 0 Å². The van der Waals surface area contributed by atoms with E-state index in [-0.39, 0.29) is 19.7 Å². The Morgan fingerprint density at radius 3 is 2.31 bits per heavy atom. The van der Waals surface area contributed by atoms with Gasteiger partial charge in [0.05, 0.1) is 12.2 Å². The van der Waals surface area contributed by atoms with Gasteiger partial charge in [-0.1, -0.05) is 0 Å². The molecule has 0 fully saturated rings. The van der Waals surface area contributed by atoms with E-state index in [0.717, 1.165) is 6.07 Å². The topological polar surface area (TPSA) is 52.5 Å². The summed E-state index contributed by atoms with van der Waals surface area (Å²) < 4.78 is 25.6. The van der Waals surface area contributed by atoms with Crippen LogP contribution in [-0.4, -0.2) is 29.0 Å². The minimum Gasteiger partial charge on any atom is -0.393 e. The van der Waals surface area contributed by atoms with Crippen molar-refractivity contribution >= 4 is 0 Å². The average Bonchev–Trinajstić information content (AvgIpc) is 2.16. The Hall–Kier alpha value is -1.04. The smallest absolute Gasteiger partial charge is 0.126 e. The Kier molecular flexibility index (Phi) is 4.35. The number of aliphatic hydroxyl groups excluding tert-OH is 1. The molecule has 1 rings (SSSR count). The molecule has 0 amide bonds. The van der Waals surface area contributed by atoms with Crippen molar-refractivity contribution in [2.24, 2.45) is 0 Å². The monoisotopic (exact) mass is 231 g/mol. The maximum absolute atomic E-state index is 12.8. The molecule has 3 nitrogen and oxygen atoms in total. The second kappa shape index (κ2) is 5.34. The minimum absolute atomic E-state index is 0.141. The van der Waals surface area contributed by atoms with Gasteiger partial charge in [-0.25, -0.2) is 8.78 Å². The summed E-state index contributed by atoms with van der Waals surface area (Å²) in [5, 5.41) is 21.0. The fourth-order valence-corrected chi connectivity index (χ4v) is 1.25. The standard InChI is InChI=1S/C11H15F2NO2/c1-11(16,7-15)6-14-5-8-2-9(12)4-10(13)3-8/h2-4,14-16H,5-7H2,1H3. The Bertz CT molecular complexity index is 336. The second-order valence-corrected chi connectivity index (χ2v) is 4.04. The largest absolute Gasteiger partial charge is 0.393 e. The maximum Gasteiger partial charge on any atom is 0.126 e. The third kappa shape index (κ3) is 4.22. The van der Waals surface area contributed by atoms with Crippen LogP contribution in [0.1, 0.15) is 12.5 Å². The minimum atomic E-state index is -1.23. The maximum atomic E-state index is 12.8. The molecule has 0 aliphatic rings. The first kappa shape index (κ1) is 13.0. The molecule has 0 saturated heterocycles. The van der Waals surface area contributed by atoms with Gasteiger partial charge in [0.15, 0.2) is 0 Å². The van der Waals surface area contributed by atoms with Crippen molar-refractivity contribution in [1.82, 2.24) is 5.32 Å². The SMILES string of the molecule is CC(O)(CO)CNCc1cc(F)cc(F)c1. The zero-order chi connectivity index (χ0) is 12.2. The van der Waals surface area contributed by atoms with Gasteiger partial charge in [0.25, 0.3) is 0 Å². The van der Waals surface area contributed by atoms with E-state index in [1.165, 1.54) is 19.1 Å². The van der Waals surface area contributed by atoms with Gasteiger partial charge in [0, 0.05) is 19.2 Å². The van der Waals surface area contributed by atoms with Crippen LogP contribution in [0.4, 0.5) is 8.78 Å². The van der Waals surface area contributed by atoms with Crippen molar-refractivity contribution in [1.29, 1.82) is 0 Å². The summed E-state index contributed by atoms with van der Waals surface area (Å²) in [5.74, 6) is -1.27. The van der Waals surface area contributed by atoms with E-state index in [1.807, 2.05) is 0 Å². The summed E-state index contributed by atoms with van der Waals surface area (Å²) in [7, 11) is 0. The Labute approximate surface area is 92.7 Å². The van der Waals surface area contributed by atoms with Gasteiger partial charge < -0.3 is 15.5 Å². The molecule has 0 spiro atoms. The molecular weight excluding hydrogens is 216 g/mol. The fraction of sp³-hybridized carbons (Fsp3) is 0.455. The summed E-state index contributed by atoms with van der Waals surface area (Å²) >= 11 is 0. The number of halogens is 2. The molecular formula is C11H15F2NO2. The predicted octanol–water partition coefficient (Wildman–Crippen LogP) is 0.798. The van der Waals surface area contributed by atoms with E-state index < -0.39 is 17.2 Å². The van der Waals surface area contributed by atoms with Crippen molar-refractivity contribution in [2.75, 3.05) is 13.2 Å². The number of rotatable bonds is 5. The lowest BCUT2D eigenvalue weighted by atomic mass is 10.1. The van der Waals surface area contributed by atoms with E-state index in [0.29, 0.717) is 5.56 Å². The third-order valence-corrected chi connectivity index (χ3v) is 2.10. The Balaban J connectivity index is 2.49. The molecule has 3 N–H and O–H groups in total. The van der Waals surface area contributed by atoms with Crippen molar-refractivity contribution < 1.29 is 19.0 Å². The average molecular weight is 231 g/mol. The molecule has 0 aromatic heterocycles. The lowest BCUT2D eigenvalue weighted by Crippen LogP contribution is -2.40. The highest BCUT2D eigenvalue weighted by atomic mass is 19.1. The molecule has 1 aromatic rings. The quantitative estimate of drug-likeness (QED) is 0.702. The number of hydrogen-bond donors (Lipinski definition) is 3. The zero-order valence-electron chi connectivity index (χ0n) is 9.00. The molecule has 0 radical (unpaired) electrons. The molecule has 90 valence electrons. The molecule has 0 heterocycles. The van der Waals surface area contributed by atoms with E-state index >= 15 is 0 Å². The van der Waals surface area contributed by atoms with Crippen LogP contribution in [0, 0.1) is 11.6 Å². The van der Waals surface area contributed by atoms with Crippen LogP contribution in [0.15, 0.2) is 18.2 Å². The highest BCUT2D eigenvalue weighted by Gasteiger charge is 2.17. The summed E-state index contributed by atoms with van der Waals surface area (Å²) in [6.45, 7) is 1.45. The summed E-state index contributed by atoms with van der Waals surface area (Å²) in [4.78, 5) is 0. The first-order valence-corrected chi connectivity index (χ1v) is 4.92. The third-order valence-electron chi connectivity index (χ3n) is 2.10. The summed E-state index contributed by atoms with van der Waals surface area (Å²) in [6, 6.07) is 3.22.